The van der Waals surface area contributed by atoms with E-state index in [0.29, 0.717) is 32.7 Å². The van der Waals surface area contributed by atoms with Gasteiger partial charge in [-0.05, 0) is 31.5 Å². The molecule has 1 aromatic rings. The fourth-order valence-electron chi connectivity index (χ4n) is 2.69. The predicted molar refractivity (Wildman–Crippen MR) is 77.2 cm³/mol. The largest absolute Gasteiger partial charge is 0.392 e. The molecule has 0 spiro atoms. The number of hydrogen-bond acceptors (Lipinski definition) is 4. The highest BCUT2D eigenvalue weighted by molar-refractivity contribution is 5.51. The van der Waals surface area contributed by atoms with Crippen LogP contribution in [0.5, 0.6) is 0 Å². The zero-order valence-corrected chi connectivity index (χ0v) is 12.4. The van der Waals surface area contributed by atoms with Crippen LogP contribution in [-0.4, -0.2) is 53.4 Å². The standard InChI is InChI=1S/C15H22F2N2O2/c1-15(2,21)10-18-3-5-19(6-4-18)14-12(16)7-11(9-20)8-13(14)17/h7-8,20-21H,3-6,9-10H2,1-2H3. The Morgan fingerprint density at radius 3 is 2.05 bits per heavy atom. The summed E-state index contributed by atoms with van der Waals surface area (Å²) in [7, 11) is 0. The van der Waals surface area contributed by atoms with Crippen molar-refractivity contribution in [3.05, 3.63) is 29.3 Å². The Morgan fingerprint density at radius 2 is 1.62 bits per heavy atom. The smallest absolute Gasteiger partial charge is 0.149 e. The lowest BCUT2D eigenvalue weighted by Crippen LogP contribution is -2.50. The number of anilines is 1. The summed E-state index contributed by atoms with van der Waals surface area (Å²) < 4.78 is 28.0. The van der Waals surface area contributed by atoms with Crippen LogP contribution in [0.15, 0.2) is 12.1 Å². The molecular weight excluding hydrogens is 278 g/mol. The van der Waals surface area contributed by atoms with Gasteiger partial charge < -0.3 is 15.1 Å². The van der Waals surface area contributed by atoms with Crippen molar-refractivity contribution < 1.29 is 19.0 Å². The highest BCUT2D eigenvalue weighted by atomic mass is 19.1. The van der Waals surface area contributed by atoms with E-state index in [1.807, 2.05) is 0 Å². The van der Waals surface area contributed by atoms with Gasteiger partial charge in [0.15, 0.2) is 0 Å². The summed E-state index contributed by atoms with van der Waals surface area (Å²) in [6, 6.07) is 2.34. The van der Waals surface area contributed by atoms with Gasteiger partial charge in [0, 0.05) is 32.7 Å². The number of halogens is 2. The van der Waals surface area contributed by atoms with Gasteiger partial charge in [-0.1, -0.05) is 0 Å². The summed E-state index contributed by atoms with van der Waals surface area (Å²) in [5, 5.41) is 18.8. The highest BCUT2D eigenvalue weighted by Gasteiger charge is 2.25. The summed E-state index contributed by atoms with van der Waals surface area (Å²) in [5.41, 5.74) is -0.578. The van der Waals surface area contributed by atoms with Crippen LogP contribution in [0.2, 0.25) is 0 Å². The van der Waals surface area contributed by atoms with E-state index in [9.17, 15) is 13.9 Å². The zero-order chi connectivity index (χ0) is 15.6. The Labute approximate surface area is 123 Å². The van der Waals surface area contributed by atoms with Gasteiger partial charge in [0.25, 0.3) is 0 Å². The van der Waals surface area contributed by atoms with Crippen molar-refractivity contribution in [3.63, 3.8) is 0 Å². The molecular formula is C15H22F2N2O2. The fourth-order valence-corrected chi connectivity index (χ4v) is 2.69. The average molecular weight is 300 g/mol. The van der Waals surface area contributed by atoms with Crippen molar-refractivity contribution in [1.29, 1.82) is 0 Å². The number of aliphatic hydroxyl groups is 2. The number of piperazine rings is 1. The van der Waals surface area contributed by atoms with Crippen LogP contribution in [0.25, 0.3) is 0 Å². The lowest BCUT2D eigenvalue weighted by atomic mass is 10.1. The van der Waals surface area contributed by atoms with Crippen molar-refractivity contribution in [3.8, 4) is 0 Å². The van der Waals surface area contributed by atoms with Crippen LogP contribution < -0.4 is 4.90 Å². The molecule has 0 amide bonds. The number of aliphatic hydroxyl groups excluding tert-OH is 1. The van der Waals surface area contributed by atoms with Crippen molar-refractivity contribution in [2.24, 2.45) is 0 Å². The number of benzene rings is 1. The van der Waals surface area contributed by atoms with E-state index in [2.05, 4.69) is 4.90 Å². The van der Waals surface area contributed by atoms with Gasteiger partial charge in [0.2, 0.25) is 0 Å². The Kier molecular flexibility index (Phi) is 4.81. The molecule has 1 aliphatic rings. The van der Waals surface area contributed by atoms with E-state index in [1.54, 1.807) is 18.7 Å². The number of β-amino-alcohol motifs (C(OH)–C–C–N with tert-alkyl or cyclic N) is 1. The Morgan fingerprint density at radius 1 is 1.10 bits per heavy atom. The van der Waals surface area contributed by atoms with Gasteiger partial charge in [-0.3, -0.25) is 4.90 Å². The van der Waals surface area contributed by atoms with Gasteiger partial charge in [-0.2, -0.15) is 0 Å². The summed E-state index contributed by atoms with van der Waals surface area (Å²) >= 11 is 0. The van der Waals surface area contributed by atoms with E-state index in [4.69, 9.17) is 5.11 Å². The molecule has 1 fully saturated rings. The minimum absolute atomic E-state index is 0.0323. The van der Waals surface area contributed by atoms with Crippen molar-refractivity contribution in [1.82, 2.24) is 4.90 Å². The zero-order valence-electron chi connectivity index (χ0n) is 12.4. The molecule has 0 radical (unpaired) electrons. The minimum Gasteiger partial charge on any atom is -0.392 e. The first-order valence-electron chi connectivity index (χ1n) is 7.08. The van der Waals surface area contributed by atoms with Crippen LogP contribution >= 0.6 is 0 Å². The topological polar surface area (TPSA) is 46.9 Å². The molecule has 2 rings (SSSR count). The molecule has 0 saturated carbocycles. The first kappa shape index (κ1) is 16.1. The van der Waals surface area contributed by atoms with E-state index in [-0.39, 0.29) is 17.9 Å². The maximum atomic E-state index is 14.0. The second-order valence-electron chi connectivity index (χ2n) is 6.14. The Hall–Kier alpha value is -1.24. The first-order valence-corrected chi connectivity index (χ1v) is 7.08. The molecule has 118 valence electrons. The molecule has 4 nitrogen and oxygen atoms in total. The maximum Gasteiger partial charge on any atom is 0.149 e. The van der Waals surface area contributed by atoms with Crippen LogP contribution in [0, 0.1) is 11.6 Å². The Bertz CT molecular complexity index is 472. The SMILES string of the molecule is CC(C)(O)CN1CCN(c2c(F)cc(CO)cc2F)CC1. The molecule has 0 bridgehead atoms. The summed E-state index contributed by atoms with van der Waals surface area (Å²) in [6.07, 6.45) is 0. The molecule has 0 aromatic heterocycles. The van der Waals surface area contributed by atoms with Gasteiger partial charge >= 0.3 is 0 Å². The molecule has 2 N–H and O–H groups in total. The Balaban J connectivity index is 2.06. The van der Waals surface area contributed by atoms with Crippen LogP contribution in [0.1, 0.15) is 19.4 Å². The summed E-state index contributed by atoms with van der Waals surface area (Å²) in [4.78, 5) is 3.75. The van der Waals surface area contributed by atoms with E-state index in [0.717, 1.165) is 0 Å². The summed E-state index contributed by atoms with van der Waals surface area (Å²) in [6.45, 7) is 5.93. The van der Waals surface area contributed by atoms with Crippen molar-refractivity contribution >= 4 is 5.69 Å². The maximum absolute atomic E-state index is 14.0. The summed E-state index contributed by atoms with van der Waals surface area (Å²) in [5.74, 6) is -1.29. The van der Waals surface area contributed by atoms with E-state index >= 15 is 0 Å². The first-order chi connectivity index (χ1) is 9.80. The van der Waals surface area contributed by atoms with Crippen LogP contribution in [0.4, 0.5) is 14.5 Å². The lowest BCUT2D eigenvalue weighted by Gasteiger charge is -2.38. The molecule has 0 atom stereocenters. The second kappa shape index (κ2) is 6.25. The highest BCUT2D eigenvalue weighted by Crippen LogP contribution is 2.26. The van der Waals surface area contributed by atoms with Crippen LogP contribution in [-0.2, 0) is 6.61 Å². The van der Waals surface area contributed by atoms with Gasteiger partial charge in [0.05, 0.1) is 12.2 Å². The predicted octanol–water partition coefficient (Wildman–Crippen LogP) is 1.35. The van der Waals surface area contributed by atoms with Gasteiger partial charge in [-0.25, -0.2) is 8.78 Å². The van der Waals surface area contributed by atoms with Gasteiger partial charge in [0.1, 0.15) is 17.3 Å². The van der Waals surface area contributed by atoms with Crippen LogP contribution in [0.3, 0.4) is 0 Å². The normalized spacial score (nSPS) is 17.3. The molecule has 21 heavy (non-hydrogen) atoms. The third kappa shape index (κ3) is 4.12. The fraction of sp³-hybridized carbons (Fsp3) is 0.600. The van der Waals surface area contributed by atoms with Crippen molar-refractivity contribution in [2.45, 2.75) is 26.1 Å². The number of rotatable bonds is 4. The molecule has 1 aliphatic heterocycles. The molecule has 0 unspecified atom stereocenters. The molecule has 6 heteroatoms. The average Bonchev–Trinajstić information content (AvgIpc) is 2.38. The molecule has 1 saturated heterocycles. The second-order valence-corrected chi connectivity index (χ2v) is 6.14. The molecule has 1 heterocycles. The quantitative estimate of drug-likeness (QED) is 0.881. The van der Waals surface area contributed by atoms with Gasteiger partial charge in [-0.15, -0.1) is 0 Å². The number of nitrogens with zero attached hydrogens (tertiary/aromatic N) is 2. The monoisotopic (exact) mass is 300 g/mol. The number of hydrogen-bond donors (Lipinski definition) is 2. The van der Waals surface area contributed by atoms with E-state index < -0.39 is 17.2 Å². The third-order valence-corrected chi connectivity index (χ3v) is 3.56. The van der Waals surface area contributed by atoms with Crippen molar-refractivity contribution in [2.75, 3.05) is 37.6 Å². The third-order valence-electron chi connectivity index (χ3n) is 3.56. The van der Waals surface area contributed by atoms with E-state index in [1.165, 1.54) is 12.1 Å². The molecule has 1 aromatic carbocycles. The molecule has 0 aliphatic carbocycles. The minimum atomic E-state index is -0.776. The lowest BCUT2D eigenvalue weighted by molar-refractivity contribution is 0.0344.